The van der Waals surface area contributed by atoms with E-state index in [0.717, 1.165) is 5.56 Å². The molecule has 0 aliphatic carbocycles. The topological polar surface area (TPSA) is 171 Å². The molecule has 172 valence electrons. The molecule has 31 heavy (non-hydrogen) atoms. The zero-order chi connectivity index (χ0) is 23.2. The number of hydrogen-bond donors (Lipinski definition) is 5. The van der Waals surface area contributed by atoms with E-state index in [-0.39, 0.29) is 29.7 Å². The number of carbonyl (C=O) groups excluding carboxylic acids is 2. The number of guanidine groups is 1. The fourth-order valence-corrected chi connectivity index (χ4v) is 5.32. The fraction of sp³-hybridized carbons (Fsp3) is 0.550. The third-order valence-corrected chi connectivity index (χ3v) is 7.50. The van der Waals surface area contributed by atoms with Crippen LogP contribution in [0.5, 0.6) is 0 Å². The molecule has 0 saturated carbocycles. The molecule has 2 rings (SSSR count). The molecule has 1 fully saturated rings. The second-order valence-corrected chi connectivity index (χ2v) is 9.93. The summed E-state index contributed by atoms with van der Waals surface area (Å²) in [6.45, 7) is 4.34. The van der Waals surface area contributed by atoms with E-state index in [2.05, 4.69) is 10.6 Å². The Balaban J connectivity index is 2.21. The number of carbonyl (C=O) groups is 2. The van der Waals surface area contributed by atoms with Crippen molar-refractivity contribution in [3.63, 3.8) is 0 Å². The Morgan fingerprint density at radius 2 is 1.90 bits per heavy atom. The number of hydrogen-bond acceptors (Lipinski definition) is 6. The van der Waals surface area contributed by atoms with Crippen molar-refractivity contribution in [2.24, 2.45) is 11.5 Å². The van der Waals surface area contributed by atoms with Crippen LogP contribution in [0.15, 0.2) is 29.2 Å². The van der Waals surface area contributed by atoms with E-state index in [0.29, 0.717) is 25.9 Å². The molecule has 3 atom stereocenters. The molecule has 1 aromatic rings. The first kappa shape index (κ1) is 24.6. The number of nitrogens with two attached hydrogens (primary N) is 2. The molecule has 0 bridgehead atoms. The van der Waals surface area contributed by atoms with Gasteiger partial charge in [0, 0.05) is 19.6 Å². The Morgan fingerprint density at radius 1 is 1.26 bits per heavy atom. The van der Waals surface area contributed by atoms with Gasteiger partial charge in [0.15, 0.2) is 15.8 Å². The van der Waals surface area contributed by atoms with E-state index < -0.39 is 33.1 Å². The van der Waals surface area contributed by atoms with Crippen molar-refractivity contribution in [1.29, 1.82) is 5.41 Å². The van der Waals surface area contributed by atoms with Crippen LogP contribution in [0.25, 0.3) is 0 Å². The highest BCUT2D eigenvalue weighted by Gasteiger charge is 2.38. The monoisotopic (exact) mass is 452 g/mol. The number of likely N-dealkylation sites (N-methyl/N-ethyl adjacent to an activating group) is 1. The van der Waals surface area contributed by atoms with Crippen LogP contribution in [-0.2, 0) is 19.4 Å². The lowest BCUT2D eigenvalue weighted by Gasteiger charge is -2.28. The molecule has 0 spiro atoms. The van der Waals surface area contributed by atoms with Gasteiger partial charge in [0.2, 0.25) is 11.8 Å². The number of benzene rings is 1. The first-order valence-corrected chi connectivity index (χ1v) is 11.8. The Morgan fingerprint density at radius 3 is 2.48 bits per heavy atom. The second kappa shape index (κ2) is 10.6. The fourth-order valence-electron chi connectivity index (χ4n) is 3.66. The zero-order valence-corrected chi connectivity index (χ0v) is 18.7. The largest absolute Gasteiger partial charge is 0.370 e. The van der Waals surface area contributed by atoms with Crippen molar-refractivity contribution in [2.45, 2.75) is 55.3 Å². The lowest BCUT2D eigenvalue weighted by molar-refractivity contribution is -0.139. The molecule has 10 nitrogen and oxygen atoms in total. The standard InChI is InChI=1S/C20H32N6O4S/c1-3-24-18(27)17-5-4-10-26(17)19(28)16(21)11-15(12-25-20(22)23)31(29,30)14-8-6-13(2)7-9-14/h6-9,15-17H,3-5,10-12,21H2,1-2H3,(H,24,27)(H4,22,23,25)/t15?,16-,17-/m0/s1. The van der Waals surface area contributed by atoms with Crippen LogP contribution in [0.3, 0.4) is 0 Å². The van der Waals surface area contributed by atoms with Crippen molar-refractivity contribution in [3.8, 4) is 0 Å². The Labute approximate surface area is 183 Å². The highest BCUT2D eigenvalue weighted by atomic mass is 32.2. The average Bonchev–Trinajstić information content (AvgIpc) is 3.20. The summed E-state index contributed by atoms with van der Waals surface area (Å²) < 4.78 is 26.4. The maximum atomic E-state index is 13.2. The van der Waals surface area contributed by atoms with Gasteiger partial charge in [-0.05, 0) is 45.2 Å². The number of amides is 2. The molecule has 1 heterocycles. The number of rotatable bonds is 9. The summed E-state index contributed by atoms with van der Waals surface area (Å²) in [4.78, 5) is 26.8. The molecular weight excluding hydrogens is 420 g/mol. The normalized spacial score (nSPS) is 18.3. The van der Waals surface area contributed by atoms with Gasteiger partial charge in [0.05, 0.1) is 16.2 Å². The van der Waals surface area contributed by atoms with E-state index in [1.54, 1.807) is 19.1 Å². The molecular formula is C20H32N6O4S. The van der Waals surface area contributed by atoms with Crippen molar-refractivity contribution >= 4 is 27.6 Å². The molecule has 7 N–H and O–H groups in total. The van der Waals surface area contributed by atoms with Gasteiger partial charge in [-0.1, -0.05) is 17.7 Å². The minimum atomic E-state index is -3.85. The first-order chi connectivity index (χ1) is 14.6. The van der Waals surface area contributed by atoms with E-state index in [9.17, 15) is 18.0 Å². The van der Waals surface area contributed by atoms with Crippen molar-refractivity contribution in [3.05, 3.63) is 29.8 Å². The van der Waals surface area contributed by atoms with E-state index in [4.69, 9.17) is 16.9 Å². The number of aryl methyl sites for hydroxylation is 1. The minimum absolute atomic E-state index is 0.106. The maximum Gasteiger partial charge on any atom is 0.242 e. The Kier molecular flexibility index (Phi) is 8.40. The van der Waals surface area contributed by atoms with E-state index in [1.807, 2.05) is 6.92 Å². The summed E-state index contributed by atoms with van der Waals surface area (Å²) in [7, 11) is -3.85. The summed E-state index contributed by atoms with van der Waals surface area (Å²) in [6, 6.07) is 4.67. The maximum absolute atomic E-state index is 13.2. The van der Waals surface area contributed by atoms with Gasteiger partial charge in [-0.25, -0.2) is 8.42 Å². The molecule has 11 heteroatoms. The molecule has 0 aromatic heterocycles. The minimum Gasteiger partial charge on any atom is -0.370 e. The molecule has 1 unspecified atom stereocenters. The number of nitrogens with one attached hydrogen (secondary N) is 3. The quantitative estimate of drug-likeness (QED) is 0.247. The summed E-state index contributed by atoms with van der Waals surface area (Å²) in [5.41, 5.74) is 12.4. The molecule has 2 amide bonds. The zero-order valence-electron chi connectivity index (χ0n) is 17.9. The highest BCUT2D eigenvalue weighted by molar-refractivity contribution is 7.92. The third-order valence-electron chi connectivity index (χ3n) is 5.33. The van der Waals surface area contributed by atoms with Crippen LogP contribution >= 0.6 is 0 Å². The Hall–Kier alpha value is -2.66. The molecule has 1 aliphatic rings. The molecule has 1 aliphatic heterocycles. The molecule has 0 radical (unpaired) electrons. The van der Waals surface area contributed by atoms with Crippen molar-refractivity contribution in [1.82, 2.24) is 15.5 Å². The van der Waals surface area contributed by atoms with Crippen molar-refractivity contribution < 1.29 is 18.0 Å². The van der Waals surface area contributed by atoms with Crippen LogP contribution in [-0.4, -0.2) is 68.1 Å². The predicted octanol–water partition coefficient (Wildman–Crippen LogP) is -0.535. The number of sulfone groups is 1. The van der Waals surface area contributed by atoms with Crippen LogP contribution < -0.4 is 22.1 Å². The van der Waals surface area contributed by atoms with Crippen LogP contribution in [0, 0.1) is 12.3 Å². The average molecular weight is 453 g/mol. The predicted molar refractivity (Wildman–Crippen MR) is 118 cm³/mol. The van der Waals surface area contributed by atoms with Gasteiger partial charge >= 0.3 is 0 Å². The summed E-state index contributed by atoms with van der Waals surface area (Å²) in [6.07, 6.45) is 1.05. The molecule has 1 aromatic carbocycles. The summed E-state index contributed by atoms with van der Waals surface area (Å²) in [5, 5.41) is 11.5. The second-order valence-electron chi connectivity index (χ2n) is 7.70. The smallest absolute Gasteiger partial charge is 0.242 e. The van der Waals surface area contributed by atoms with E-state index in [1.165, 1.54) is 17.0 Å². The van der Waals surface area contributed by atoms with Gasteiger partial charge in [-0.3, -0.25) is 15.0 Å². The Bertz CT molecular complexity index is 903. The lowest BCUT2D eigenvalue weighted by atomic mass is 10.1. The van der Waals surface area contributed by atoms with E-state index >= 15 is 0 Å². The van der Waals surface area contributed by atoms with Gasteiger partial charge in [-0.2, -0.15) is 0 Å². The van der Waals surface area contributed by atoms with Gasteiger partial charge in [0.1, 0.15) is 6.04 Å². The first-order valence-electron chi connectivity index (χ1n) is 10.3. The van der Waals surface area contributed by atoms with Gasteiger partial charge in [0.25, 0.3) is 0 Å². The van der Waals surface area contributed by atoms with Gasteiger partial charge in [-0.15, -0.1) is 0 Å². The van der Waals surface area contributed by atoms with Crippen LogP contribution in [0.4, 0.5) is 0 Å². The summed E-state index contributed by atoms with van der Waals surface area (Å²) in [5.74, 6) is -1.07. The lowest BCUT2D eigenvalue weighted by Crippen LogP contribution is -2.53. The number of nitrogens with zero attached hydrogens (tertiary/aromatic N) is 1. The van der Waals surface area contributed by atoms with Crippen LogP contribution in [0.1, 0.15) is 31.7 Å². The van der Waals surface area contributed by atoms with Crippen molar-refractivity contribution in [2.75, 3.05) is 19.6 Å². The SMILES string of the molecule is CCNC(=O)[C@@H]1CCCN1C(=O)[C@@H](N)CC(CNC(=N)N)S(=O)(=O)c1ccc(C)cc1. The highest BCUT2D eigenvalue weighted by Crippen LogP contribution is 2.23. The van der Waals surface area contributed by atoms with Crippen LogP contribution in [0.2, 0.25) is 0 Å². The third kappa shape index (κ3) is 6.17. The summed E-state index contributed by atoms with van der Waals surface area (Å²) >= 11 is 0. The molecule has 1 saturated heterocycles. The van der Waals surface area contributed by atoms with Gasteiger partial charge < -0.3 is 27.0 Å². The number of likely N-dealkylation sites (tertiary alicyclic amines) is 1.